The van der Waals surface area contributed by atoms with Gasteiger partial charge in [-0.05, 0) is 48.2 Å². The molecule has 0 spiro atoms. The first-order valence-corrected chi connectivity index (χ1v) is 10.1. The molecule has 1 N–H and O–H groups in total. The molecule has 152 valence electrons. The second kappa shape index (κ2) is 8.04. The van der Waals surface area contributed by atoms with Crippen LogP contribution in [-0.2, 0) is 9.59 Å². The van der Waals surface area contributed by atoms with Gasteiger partial charge >= 0.3 is 0 Å². The Bertz CT molecular complexity index is 1150. The topological polar surface area (TPSA) is 67.9 Å². The summed E-state index contributed by atoms with van der Waals surface area (Å²) in [5.74, 6) is 0.330. The average Bonchev–Trinajstić information content (AvgIpc) is 3.35. The van der Waals surface area contributed by atoms with Crippen molar-refractivity contribution in [3.05, 3.63) is 76.1 Å². The van der Waals surface area contributed by atoms with Crippen molar-refractivity contribution in [2.24, 2.45) is 0 Å². The molecule has 0 unspecified atom stereocenters. The Balaban J connectivity index is 1.82. The molecule has 0 saturated carbocycles. The molecular formula is C23H20N2O4S. The number of hydrogen-bond acceptors (Lipinski definition) is 6. The summed E-state index contributed by atoms with van der Waals surface area (Å²) in [6.07, 6.45) is 0. The van der Waals surface area contributed by atoms with E-state index in [1.54, 1.807) is 38.5 Å². The minimum atomic E-state index is -0.430. The summed E-state index contributed by atoms with van der Waals surface area (Å²) in [7, 11) is 3.10. The number of carbonyl (C=O) groups excluding carboxylic acids is 2. The van der Waals surface area contributed by atoms with Gasteiger partial charge in [0.05, 0.1) is 31.2 Å². The fraction of sp³-hybridized carbons (Fsp3) is 0.130. The van der Waals surface area contributed by atoms with Gasteiger partial charge in [0.1, 0.15) is 17.2 Å². The standard InChI is InChI=1S/C23H20N2O4S/c1-14-9-10-18(29-3)17(12-14)24-21-20(19-8-5-11-30-19)22(26)25(23(21)27)15-6-4-7-16(13-15)28-2/h4-13,24H,1-3H3. The highest BCUT2D eigenvalue weighted by Gasteiger charge is 2.41. The van der Waals surface area contributed by atoms with Gasteiger partial charge in [-0.2, -0.15) is 0 Å². The van der Waals surface area contributed by atoms with E-state index in [0.29, 0.717) is 33.3 Å². The molecule has 1 aromatic heterocycles. The molecule has 0 radical (unpaired) electrons. The maximum atomic E-state index is 13.4. The number of methoxy groups -OCH3 is 2. The summed E-state index contributed by atoms with van der Waals surface area (Å²) in [6, 6.07) is 16.2. The Hall–Kier alpha value is -3.58. The number of benzene rings is 2. The molecule has 0 fully saturated rings. The zero-order chi connectivity index (χ0) is 21.3. The summed E-state index contributed by atoms with van der Waals surface area (Å²) in [6.45, 7) is 1.95. The van der Waals surface area contributed by atoms with Gasteiger partial charge in [-0.1, -0.05) is 18.2 Å². The van der Waals surface area contributed by atoms with Crippen molar-refractivity contribution in [2.45, 2.75) is 6.92 Å². The lowest BCUT2D eigenvalue weighted by atomic mass is 10.1. The van der Waals surface area contributed by atoms with Crippen LogP contribution in [0.15, 0.2) is 65.7 Å². The third-order valence-electron chi connectivity index (χ3n) is 4.78. The Morgan fingerprint density at radius 2 is 1.77 bits per heavy atom. The SMILES string of the molecule is COc1cccc(N2C(=O)C(Nc3cc(C)ccc3OC)=C(c3cccs3)C2=O)c1. The van der Waals surface area contributed by atoms with Gasteiger partial charge < -0.3 is 14.8 Å². The van der Waals surface area contributed by atoms with Gasteiger partial charge in [0.2, 0.25) is 0 Å². The minimum absolute atomic E-state index is 0.217. The number of carbonyl (C=O) groups is 2. The molecule has 7 heteroatoms. The van der Waals surface area contributed by atoms with Crippen LogP contribution in [0.1, 0.15) is 10.4 Å². The molecule has 30 heavy (non-hydrogen) atoms. The Labute approximate surface area is 178 Å². The van der Waals surface area contributed by atoms with Gasteiger partial charge in [0.15, 0.2) is 0 Å². The van der Waals surface area contributed by atoms with Crippen molar-refractivity contribution in [3.8, 4) is 11.5 Å². The zero-order valence-electron chi connectivity index (χ0n) is 16.8. The van der Waals surface area contributed by atoms with E-state index in [9.17, 15) is 9.59 Å². The quantitative estimate of drug-likeness (QED) is 0.596. The maximum absolute atomic E-state index is 13.4. The number of imide groups is 1. The van der Waals surface area contributed by atoms with Crippen LogP contribution in [0.2, 0.25) is 0 Å². The molecule has 6 nitrogen and oxygen atoms in total. The molecule has 3 aromatic rings. The predicted octanol–water partition coefficient (Wildman–Crippen LogP) is 4.47. The van der Waals surface area contributed by atoms with Crippen molar-refractivity contribution in [2.75, 3.05) is 24.4 Å². The molecule has 2 heterocycles. The fourth-order valence-corrected chi connectivity index (χ4v) is 4.10. The van der Waals surface area contributed by atoms with Crippen LogP contribution in [0.3, 0.4) is 0 Å². The third-order valence-corrected chi connectivity index (χ3v) is 5.67. The third kappa shape index (κ3) is 3.44. The molecule has 2 aromatic carbocycles. The first-order valence-electron chi connectivity index (χ1n) is 9.26. The predicted molar refractivity (Wildman–Crippen MR) is 118 cm³/mol. The number of rotatable bonds is 6. The van der Waals surface area contributed by atoms with Crippen LogP contribution < -0.4 is 19.7 Å². The molecule has 4 rings (SSSR count). The van der Waals surface area contributed by atoms with E-state index in [1.807, 2.05) is 42.6 Å². The molecule has 0 aliphatic carbocycles. The van der Waals surface area contributed by atoms with Crippen LogP contribution in [0.4, 0.5) is 11.4 Å². The van der Waals surface area contributed by atoms with E-state index >= 15 is 0 Å². The monoisotopic (exact) mass is 420 g/mol. The van der Waals surface area contributed by atoms with E-state index < -0.39 is 5.91 Å². The number of ether oxygens (including phenoxy) is 2. The number of thiophene rings is 1. The van der Waals surface area contributed by atoms with Crippen molar-refractivity contribution in [1.29, 1.82) is 0 Å². The zero-order valence-corrected chi connectivity index (χ0v) is 17.6. The highest BCUT2D eigenvalue weighted by molar-refractivity contribution is 7.11. The van der Waals surface area contributed by atoms with Gasteiger partial charge in [-0.3, -0.25) is 9.59 Å². The van der Waals surface area contributed by atoms with E-state index in [-0.39, 0.29) is 11.6 Å². The first-order chi connectivity index (χ1) is 14.5. The number of anilines is 2. The number of nitrogens with zero attached hydrogens (tertiary/aromatic N) is 1. The summed E-state index contributed by atoms with van der Waals surface area (Å²) in [5.41, 5.74) is 2.62. The first kappa shape index (κ1) is 19.7. The smallest absolute Gasteiger partial charge is 0.282 e. The summed E-state index contributed by atoms with van der Waals surface area (Å²) < 4.78 is 10.7. The average molecular weight is 420 g/mol. The van der Waals surface area contributed by atoms with Crippen LogP contribution in [0.25, 0.3) is 5.57 Å². The van der Waals surface area contributed by atoms with E-state index in [0.717, 1.165) is 5.56 Å². The second-order valence-electron chi connectivity index (χ2n) is 6.70. The second-order valence-corrected chi connectivity index (χ2v) is 7.65. The lowest BCUT2D eigenvalue weighted by Crippen LogP contribution is -2.32. The van der Waals surface area contributed by atoms with Crippen molar-refractivity contribution >= 4 is 40.1 Å². The highest BCUT2D eigenvalue weighted by atomic mass is 32.1. The van der Waals surface area contributed by atoms with Gasteiger partial charge in [-0.25, -0.2) is 4.90 Å². The lowest BCUT2D eigenvalue weighted by molar-refractivity contribution is -0.120. The molecular weight excluding hydrogens is 400 g/mol. The molecule has 1 aliphatic rings. The van der Waals surface area contributed by atoms with E-state index in [2.05, 4.69) is 5.32 Å². The maximum Gasteiger partial charge on any atom is 0.282 e. The summed E-state index contributed by atoms with van der Waals surface area (Å²) in [5, 5.41) is 5.04. The molecule has 2 amide bonds. The molecule has 0 bridgehead atoms. The number of amides is 2. The Morgan fingerprint density at radius 1 is 0.933 bits per heavy atom. The number of hydrogen-bond donors (Lipinski definition) is 1. The van der Waals surface area contributed by atoms with E-state index in [4.69, 9.17) is 9.47 Å². The van der Waals surface area contributed by atoms with Gasteiger partial charge in [0, 0.05) is 10.9 Å². The largest absolute Gasteiger partial charge is 0.497 e. The molecule has 0 saturated heterocycles. The summed E-state index contributed by atoms with van der Waals surface area (Å²) in [4.78, 5) is 28.7. The Kier molecular flexibility index (Phi) is 5.29. The van der Waals surface area contributed by atoms with Crippen LogP contribution in [-0.4, -0.2) is 26.0 Å². The fourth-order valence-electron chi connectivity index (χ4n) is 3.33. The Morgan fingerprint density at radius 3 is 2.47 bits per heavy atom. The summed E-state index contributed by atoms with van der Waals surface area (Å²) >= 11 is 1.40. The van der Waals surface area contributed by atoms with Crippen molar-refractivity contribution < 1.29 is 19.1 Å². The normalized spacial score (nSPS) is 13.8. The van der Waals surface area contributed by atoms with Crippen molar-refractivity contribution in [1.82, 2.24) is 0 Å². The number of aryl methyl sites for hydroxylation is 1. The lowest BCUT2D eigenvalue weighted by Gasteiger charge is -2.16. The van der Waals surface area contributed by atoms with E-state index in [1.165, 1.54) is 16.2 Å². The van der Waals surface area contributed by atoms with Crippen LogP contribution >= 0.6 is 11.3 Å². The molecule has 1 aliphatic heterocycles. The van der Waals surface area contributed by atoms with Crippen LogP contribution in [0, 0.1) is 6.92 Å². The van der Waals surface area contributed by atoms with Crippen molar-refractivity contribution in [3.63, 3.8) is 0 Å². The van der Waals surface area contributed by atoms with Crippen LogP contribution in [0.5, 0.6) is 11.5 Å². The number of nitrogens with one attached hydrogen (secondary N) is 1. The highest BCUT2D eigenvalue weighted by Crippen LogP contribution is 2.37. The minimum Gasteiger partial charge on any atom is -0.497 e. The molecule has 0 atom stereocenters. The van der Waals surface area contributed by atoms with Gasteiger partial charge in [0.25, 0.3) is 11.8 Å². The van der Waals surface area contributed by atoms with Gasteiger partial charge in [-0.15, -0.1) is 11.3 Å².